The molecule has 0 radical (unpaired) electrons. The summed E-state index contributed by atoms with van der Waals surface area (Å²) in [6.45, 7) is 2.07. The Morgan fingerprint density at radius 2 is 1.83 bits per heavy atom. The highest BCUT2D eigenvalue weighted by Gasteiger charge is 2.19. The number of benzene rings is 2. The number of carbonyl (C=O) groups is 1. The number of ether oxygens (including phenoxy) is 3. The van der Waals surface area contributed by atoms with Crippen molar-refractivity contribution in [2.45, 2.75) is 19.8 Å². The van der Waals surface area contributed by atoms with Gasteiger partial charge < -0.3 is 19.5 Å². The molecule has 0 saturated heterocycles. The maximum Gasteiger partial charge on any atom is 0.255 e. The van der Waals surface area contributed by atoms with Crippen molar-refractivity contribution in [3.8, 4) is 28.5 Å². The molecule has 0 saturated carbocycles. The van der Waals surface area contributed by atoms with E-state index >= 15 is 0 Å². The molecule has 29 heavy (non-hydrogen) atoms. The summed E-state index contributed by atoms with van der Waals surface area (Å²) in [4.78, 5) is 12.9. The van der Waals surface area contributed by atoms with E-state index in [4.69, 9.17) is 14.2 Å². The molecule has 0 aliphatic carbocycles. The van der Waals surface area contributed by atoms with Gasteiger partial charge in [0.2, 0.25) is 0 Å². The average Bonchev–Trinajstić information content (AvgIpc) is 3.15. The summed E-state index contributed by atoms with van der Waals surface area (Å²) in [5.41, 5.74) is 3.49. The Balaban J connectivity index is 1.99. The van der Waals surface area contributed by atoms with Crippen molar-refractivity contribution in [3.63, 3.8) is 0 Å². The van der Waals surface area contributed by atoms with Crippen molar-refractivity contribution >= 4 is 11.6 Å². The zero-order valence-corrected chi connectivity index (χ0v) is 17.0. The van der Waals surface area contributed by atoms with Crippen molar-refractivity contribution < 1.29 is 19.0 Å². The lowest BCUT2D eigenvalue weighted by atomic mass is 10.1. The van der Waals surface area contributed by atoms with Gasteiger partial charge in [-0.1, -0.05) is 19.4 Å². The van der Waals surface area contributed by atoms with Gasteiger partial charge in [0.15, 0.2) is 11.5 Å². The molecule has 152 valence electrons. The minimum absolute atomic E-state index is 0.232. The third kappa shape index (κ3) is 4.34. The molecule has 1 amide bonds. The van der Waals surface area contributed by atoms with Crippen LogP contribution in [0, 0.1) is 0 Å². The molecule has 0 fully saturated rings. The van der Waals surface area contributed by atoms with Gasteiger partial charge in [0.05, 0.1) is 32.7 Å². The van der Waals surface area contributed by atoms with Crippen LogP contribution in [0.15, 0.2) is 42.5 Å². The summed E-state index contributed by atoms with van der Waals surface area (Å²) >= 11 is 0. The molecular weight excluding hydrogens is 370 g/mol. The molecule has 0 spiro atoms. The molecule has 0 aliphatic rings. The number of hydrogen-bond acceptors (Lipinski definition) is 5. The van der Waals surface area contributed by atoms with Gasteiger partial charge in [-0.15, -0.1) is 0 Å². The van der Waals surface area contributed by atoms with Crippen molar-refractivity contribution in [2.24, 2.45) is 0 Å². The van der Waals surface area contributed by atoms with E-state index in [0.29, 0.717) is 34.2 Å². The Hall–Kier alpha value is -3.48. The summed E-state index contributed by atoms with van der Waals surface area (Å²) in [5.74, 6) is 1.61. The number of nitrogens with zero attached hydrogens (tertiary/aromatic N) is 1. The number of aromatic amines is 1. The zero-order valence-electron chi connectivity index (χ0n) is 17.0. The fourth-order valence-corrected chi connectivity index (χ4v) is 3.09. The number of H-pyrrole nitrogens is 1. The van der Waals surface area contributed by atoms with Gasteiger partial charge in [-0.3, -0.25) is 9.89 Å². The second-order valence-corrected chi connectivity index (χ2v) is 6.43. The molecule has 0 atom stereocenters. The Labute approximate surface area is 170 Å². The third-order valence-electron chi connectivity index (χ3n) is 4.57. The van der Waals surface area contributed by atoms with Crippen LogP contribution in [0.1, 0.15) is 29.4 Å². The van der Waals surface area contributed by atoms with Crippen LogP contribution in [0.4, 0.5) is 5.69 Å². The maximum atomic E-state index is 12.9. The Morgan fingerprint density at radius 1 is 1.03 bits per heavy atom. The first-order chi connectivity index (χ1) is 14.1. The van der Waals surface area contributed by atoms with Crippen LogP contribution < -0.4 is 19.5 Å². The first-order valence-corrected chi connectivity index (χ1v) is 9.36. The van der Waals surface area contributed by atoms with Crippen LogP contribution in [0.2, 0.25) is 0 Å². The molecule has 3 aromatic rings. The highest BCUT2D eigenvalue weighted by Crippen LogP contribution is 2.36. The Kier molecular flexibility index (Phi) is 6.39. The predicted molar refractivity (Wildman–Crippen MR) is 112 cm³/mol. The molecule has 1 aromatic heterocycles. The number of aromatic nitrogens is 2. The Morgan fingerprint density at radius 3 is 2.52 bits per heavy atom. The molecule has 1 heterocycles. The molecule has 7 heteroatoms. The lowest BCUT2D eigenvalue weighted by Gasteiger charge is -2.11. The Bertz CT molecular complexity index is 997. The van der Waals surface area contributed by atoms with Gasteiger partial charge in [0.25, 0.3) is 5.91 Å². The van der Waals surface area contributed by atoms with E-state index in [1.54, 1.807) is 45.6 Å². The first kappa shape index (κ1) is 20.3. The van der Waals surface area contributed by atoms with Gasteiger partial charge in [0, 0.05) is 11.1 Å². The molecular formula is C22H25N3O4. The van der Waals surface area contributed by atoms with Crippen LogP contribution in [0.3, 0.4) is 0 Å². The summed E-state index contributed by atoms with van der Waals surface area (Å²) < 4.78 is 15.9. The number of rotatable bonds is 8. The number of aryl methyl sites for hydroxylation is 1. The van der Waals surface area contributed by atoms with Crippen LogP contribution in [-0.4, -0.2) is 37.4 Å². The largest absolute Gasteiger partial charge is 0.497 e. The number of amides is 1. The predicted octanol–water partition coefficient (Wildman–Crippen LogP) is 4.31. The van der Waals surface area contributed by atoms with E-state index in [-0.39, 0.29) is 5.91 Å². The van der Waals surface area contributed by atoms with E-state index in [1.807, 2.05) is 18.2 Å². The van der Waals surface area contributed by atoms with Gasteiger partial charge in [-0.2, -0.15) is 5.10 Å². The highest BCUT2D eigenvalue weighted by molar-refractivity contribution is 6.06. The molecule has 0 aliphatic heterocycles. The van der Waals surface area contributed by atoms with Crippen LogP contribution in [0.5, 0.6) is 17.2 Å². The van der Waals surface area contributed by atoms with E-state index < -0.39 is 0 Å². The SMILES string of the molecule is CCCc1[nH]nc(-c2ccc(OC)c(OC)c2)c1NC(=O)c1cccc(OC)c1. The maximum absolute atomic E-state index is 12.9. The normalized spacial score (nSPS) is 10.5. The van der Waals surface area contributed by atoms with E-state index in [2.05, 4.69) is 22.4 Å². The fourth-order valence-electron chi connectivity index (χ4n) is 3.09. The molecule has 2 aromatic carbocycles. The summed E-state index contributed by atoms with van der Waals surface area (Å²) in [5, 5.41) is 10.5. The van der Waals surface area contributed by atoms with Crippen LogP contribution >= 0.6 is 0 Å². The van der Waals surface area contributed by atoms with Crippen molar-refractivity contribution in [1.82, 2.24) is 10.2 Å². The smallest absolute Gasteiger partial charge is 0.255 e. The van der Waals surface area contributed by atoms with Gasteiger partial charge >= 0.3 is 0 Å². The van der Waals surface area contributed by atoms with Crippen molar-refractivity contribution in [2.75, 3.05) is 26.6 Å². The first-order valence-electron chi connectivity index (χ1n) is 9.36. The molecule has 3 rings (SSSR count). The van der Waals surface area contributed by atoms with Crippen molar-refractivity contribution in [3.05, 3.63) is 53.7 Å². The van der Waals surface area contributed by atoms with Gasteiger partial charge in [0.1, 0.15) is 11.4 Å². The second-order valence-electron chi connectivity index (χ2n) is 6.43. The number of methoxy groups -OCH3 is 3. The van der Waals surface area contributed by atoms with Crippen LogP contribution in [-0.2, 0) is 6.42 Å². The second kappa shape index (κ2) is 9.14. The van der Waals surface area contributed by atoms with Crippen molar-refractivity contribution in [1.29, 1.82) is 0 Å². The number of hydrogen-bond donors (Lipinski definition) is 2. The minimum Gasteiger partial charge on any atom is -0.497 e. The van der Waals surface area contributed by atoms with Gasteiger partial charge in [-0.25, -0.2) is 0 Å². The zero-order chi connectivity index (χ0) is 20.8. The number of anilines is 1. The van der Waals surface area contributed by atoms with E-state index in [9.17, 15) is 4.79 Å². The lowest BCUT2D eigenvalue weighted by Crippen LogP contribution is -2.13. The fraction of sp³-hybridized carbons (Fsp3) is 0.273. The van der Waals surface area contributed by atoms with Crippen LogP contribution in [0.25, 0.3) is 11.3 Å². The average molecular weight is 395 g/mol. The quantitative estimate of drug-likeness (QED) is 0.594. The van der Waals surface area contributed by atoms with E-state index in [0.717, 1.165) is 24.1 Å². The number of nitrogens with one attached hydrogen (secondary N) is 2. The third-order valence-corrected chi connectivity index (χ3v) is 4.57. The molecule has 0 bridgehead atoms. The standard InChI is InChI=1S/C22H25N3O4/c1-5-7-17-21(23-22(26)15-8-6-9-16(12-15)27-2)20(25-24-17)14-10-11-18(28-3)19(13-14)29-4/h6,8-13H,5,7H2,1-4H3,(H,23,26)(H,24,25). The van der Waals surface area contributed by atoms with Gasteiger partial charge in [-0.05, 0) is 42.8 Å². The van der Waals surface area contributed by atoms with E-state index in [1.165, 1.54) is 0 Å². The number of carbonyl (C=O) groups excluding carboxylic acids is 1. The molecule has 0 unspecified atom stereocenters. The minimum atomic E-state index is -0.232. The summed E-state index contributed by atoms with van der Waals surface area (Å²) in [6.07, 6.45) is 1.67. The molecule has 2 N–H and O–H groups in total. The lowest BCUT2D eigenvalue weighted by molar-refractivity contribution is 0.102. The highest BCUT2D eigenvalue weighted by atomic mass is 16.5. The summed E-state index contributed by atoms with van der Waals surface area (Å²) in [7, 11) is 4.74. The molecule has 7 nitrogen and oxygen atoms in total. The topological polar surface area (TPSA) is 85.5 Å². The monoisotopic (exact) mass is 395 g/mol. The summed E-state index contributed by atoms with van der Waals surface area (Å²) in [6, 6.07) is 12.6.